The molecule has 0 saturated heterocycles. The smallest absolute Gasteiger partial charge is 0.206 e. The fourth-order valence-corrected chi connectivity index (χ4v) is 4.11. The molecule has 0 aliphatic rings. The second-order valence-corrected chi connectivity index (χ2v) is 7.77. The number of nitrogens with zero attached hydrogens (tertiary/aromatic N) is 2. The molecule has 0 spiro atoms. The van der Waals surface area contributed by atoms with Crippen molar-refractivity contribution in [2.45, 2.75) is 23.1 Å². The molecule has 24 heavy (non-hydrogen) atoms. The van der Waals surface area contributed by atoms with Gasteiger partial charge < -0.3 is 5.32 Å². The van der Waals surface area contributed by atoms with Crippen molar-refractivity contribution in [3.05, 3.63) is 71.8 Å². The van der Waals surface area contributed by atoms with Crippen molar-refractivity contribution >= 4 is 34.0 Å². The molecule has 0 saturated carbocycles. The van der Waals surface area contributed by atoms with E-state index in [-0.39, 0.29) is 11.0 Å². The molecule has 0 aliphatic carbocycles. The van der Waals surface area contributed by atoms with E-state index in [9.17, 15) is 4.79 Å². The first-order valence-electron chi connectivity index (χ1n) is 7.59. The standard InChI is InChI=1S/C18H17N3OS2/c1-13(16(22)15-10-6-3-7-11-15)23-18-21-20-17(24-18)19-12-14-8-4-2-5-9-14/h2-11,13H,12H2,1H3,(H,19,20). The van der Waals surface area contributed by atoms with Crippen LogP contribution in [0.2, 0.25) is 0 Å². The molecule has 4 nitrogen and oxygen atoms in total. The molecule has 0 bridgehead atoms. The lowest BCUT2D eigenvalue weighted by molar-refractivity contribution is 0.0994. The second kappa shape index (κ2) is 8.08. The molecule has 122 valence electrons. The van der Waals surface area contributed by atoms with Gasteiger partial charge in [-0.2, -0.15) is 0 Å². The maximum Gasteiger partial charge on any atom is 0.206 e. The van der Waals surface area contributed by atoms with Crippen LogP contribution in [0.15, 0.2) is 65.0 Å². The van der Waals surface area contributed by atoms with Crippen molar-refractivity contribution < 1.29 is 4.79 Å². The van der Waals surface area contributed by atoms with E-state index in [0.29, 0.717) is 6.54 Å². The lowest BCUT2D eigenvalue weighted by Gasteiger charge is -2.07. The lowest BCUT2D eigenvalue weighted by atomic mass is 10.1. The van der Waals surface area contributed by atoms with Gasteiger partial charge in [-0.3, -0.25) is 4.79 Å². The molecule has 3 rings (SSSR count). The van der Waals surface area contributed by atoms with Crippen LogP contribution >= 0.6 is 23.1 Å². The van der Waals surface area contributed by atoms with E-state index < -0.39 is 0 Å². The number of carbonyl (C=O) groups excluding carboxylic acids is 1. The monoisotopic (exact) mass is 355 g/mol. The maximum absolute atomic E-state index is 12.4. The summed E-state index contributed by atoms with van der Waals surface area (Å²) >= 11 is 2.91. The summed E-state index contributed by atoms with van der Waals surface area (Å²) in [6.45, 7) is 2.61. The van der Waals surface area contributed by atoms with E-state index in [1.54, 1.807) is 0 Å². The van der Waals surface area contributed by atoms with E-state index in [1.807, 2.05) is 55.5 Å². The predicted octanol–water partition coefficient (Wildman–Crippen LogP) is 4.51. The summed E-state index contributed by atoms with van der Waals surface area (Å²) in [5, 5.41) is 12.1. The summed E-state index contributed by atoms with van der Waals surface area (Å²) in [4.78, 5) is 12.4. The van der Waals surface area contributed by atoms with Crippen LogP contribution in [0.25, 0.3) is 0 Å². The third-order valence-electron chi connectivity index (χ3n) is 3.40. The van der Waals surface area contributed by atoms with E-state index in [2.05, 4.69) is 27.6 Å². The van der Waals surface area contributed by atoms with Crippen LogP contribution in [0, 0.1) is 0 Å². The topological polar surface area (TPSA) is 54.9 Å². The summed E-state index contributed by atoms with van der Waals surface area (Å²) in [7, 11) is 0. The Morgan fingerprint density at radius 2 is 1.75 bits per heavy atom. The van der Waals surface area contributed by atoms with E-state index in [1.165, 1.54) is 28.7 Å². The number of aromatic nitrogens is 2. The molecule has 0 radical (unpaired) electrons. The molecule has 2 aromatic carbocycles. The SMILES string of the molecule is CC(Sc1nnc(NCc2ccccc2)s1)C(=O)c1ccccc1. The average Bonchev–Trinajstić information content (AvgIpc) is 3.08. The summed E-state index contributed by atoms with van der Waals surface area (Å²) in [5.74, 6) is 0.106. The summed E-state index contributed by atoms with van der Waals surface area (Å²) in [6.07, 6.45) is 0. The van der Waals surface area contributed by atoms with Gasteiger partial charge in [0.2, 0.25) is 5.13 Å². The van der Waals surface area contributed by atoms with Gasteiger partial charge in [0.1, 0.15) is 0 Å². The minimum Gasteiger partial charge on any atom is -0.356 e. The van der Waals surface area contributed by atoms with E-state index in [4.69, 9.17) is 0 Å². The Morgan fingerprint density at radius 1 is 1.08 bits per heavy atom. The number of rotatable bonds is 7. The zero-order valence-corrected chi connectivity index (χ0v) is 14.8. The van der Waals surface area contributed by atoms with Gasteiger partial charge in [0.15, 0.2) is 10.1 Å². The van der Waals surface area contributed by atoms with Crippen molar-refractivity contribution in [2.24, 2.45) is 0 Å². The van der Waals surface area contributed by atoms with Gasteiger partial charge in [-0.1, -0.05) is 83.8 Å². The number of thioether (sulfide) groups is 1. The highest BCUT2D eigenvalue weighted by Gasteiger charge is 2.18. The van der Waals surface area contributed by atoms with Gasteiger partial charge in [0.05, 0.1) is 5.25 Å². The number of ketones is 1. The first kappa shape index (κ1) is 16.7. The normalized spacial score (nSPS) is 11.9. The van der Waals surface area contributed by atoms with Gasteiger partial charge in [-0.15, -0.1) is 10.2 Å². The Labute approximate surface area is 149 Å². The molecular weight excluding hydrogens is 338 g/mol. The molecule has 6 heteroatoms. The van der Waals surface area contributed by atoms with Crippen molar-refractivity contribution in [3.63, 3.8) is 0 Å². The van der Waals surface area contributed by atoms with Gasteiger partial charge in [-0.05, 0) is 12.5 Å². The zero-order valence-electron chi connectivity index (χ0n) is 13.2. The molecule has 1 heterocycles. The van der Waals surface area contributed by atoms with Gasteiger partial charge in [-0.25, -0.2) is 0 Å². The second-order valence-electron chi connectivity index (χ2n) is 5.20. The third-order valence-corrected chi connectivity index (χ3v) is 5.46. The Kier molecular flexibility index (Phi) is 5.61. The molecular formula is C18H17N3OS2. The molecule has 1 N–H and O–H groups in total. The van der Waals surface area contributed by atoms with Crippen LogP contribution in [0.1, 0.15) is 22.8 Å². The van der Waals surface area contributed by atoms with Crippen molar-refractivity contribution in [3.8, 4) is 0 Å². The predicted molar refractivity (Wildman–Crippen MR) is 99.8 cm³/mol. The van der Waals surface area contributed by atoms with Crippen LogP contribution < -0.4 is 5.32 Å². The lowest BCUT2D eigenvalue weighted by Crippen LogP contribution is -2.13. The third kappa shape index (κ3) is 4.43. The van der Waals surface area contributed by atoms with Gasteiger partial charge in [0, 0.05) is 12.1 Å². The van der Waals surface area contributed by atoms with Crippen molar-refractivity contribution in [1.82, 2.24) is 10.2 Å². The molecule has 3 aromatic rings. The zero-order chi connectivity index (χ0) is 16.8. The van der Waals surface area contributed by atoms with Crippen LogP contribution in [-0.4, -0.2) is 21.2 Å². The quantitative estimate of drug-likeness (QED) is 0.499. The van der Waals surface area contributed by atoms with Crippen LogP contribution in [0.5, 0.6) is 0 Å². The van der Waals surface area contributed by atoms with Gasteiger partial charge in [0.25, 0.3) is 0 Å². The highest BCUT2D eigenvalue weighted by atomic mass is 32.2. The van der Waals surface area contributed by atoms with E-state index in [0.717, 1.165) is 15.0 Å². The molecule has 0 fully saturated rings. The summed E-state index contributed by atoms with van der Waals surface area (Å²) in [6, 6.07) is 19.5. The number of hydrogen-bond donors (Lipinski definition) is 1. The van der Waals surface area contributed by atoms with Gasteiger partial charge >= 0.3 is 0 Å². The number of benzene rings is 2. The van der Waals surface area contributed by atoms with Crippen LogP contribution in [-0.2, 0) is 6.54 Å². The number of anilines is 1. The minimum atomic E-state index is -0.192. The molecule has 0 amide bonds. The molecule has 1 unspecified atom stereocenters. The largest absolute Gasteiger partial charge is 0.356 e. The van der Waals surface area contributed by atoms with E-state index >= 15 is 0 Å². The number of carbonyl (C=O) groups is 1. The highest BCUT2D eigenvalue weighted by Crippen LogP contribution is 2.30. The number of Topliss-reactive ketones (excluding diaryl/α,β-unsaturated/α-hetero) is 1. The Balaban J connectivity index is 1.56. The van der Waals surface area contributed by atoms with Crippen LogP contribution in [0.3, 0.4) is 0 Å². The number of hydrogen-bond acceptors (Lipinski definition) is 6. The summed E-state index contributed by atoms with van der Waals surface area (Å²) < 4.78 is 0.794. The van der Waals surface area contributed by atoms with Crippen molar-refractivity contribution in [2.75, 3.05) is 5.32 Å². The first-order valence-corrected chi connectivity index (χ1v) is 9.29. The van der Waals surface area contributed by atoms with Crippen molar-refractivity contribution in [1.29, 1.82) is 0 Å². The Hall–Kier alpha value is -2.18. The first-order chi connectivity index (χ1) is 11.7. The Bertz CT molecular complexity index is 790. The fraction of sp³-hybridized carbons (Fsp3) is 0.167. The fourth-order valence-electron chi connectivity index (χ4n) is 2.14. The average molecular weight is 355 g/mol. The summed E-state index contributed by atoms with van der Waals surface area (Å²) in [5.41, 5.74) is 1.92. The maximum atomic E-state index is 12.4. The number of nitrogens with one attached hydrogen (secondary N) is 1. The molecule has 1 atom stereocenters. The highest BCUT2D eigenvalue weighted by molar-refractivity contribution is 8.02. The molecule has 1 aromatic heterocycles. The molecule has 0 aliphatic heterocycles. The van der Waals surface area contributed by atoms with Crippen LogP contribution in [0.4, 0.5) is 5.13 Å². The minimum absolute atomic E-state index is 0.106. The Morgan fingerprint density at radius 3 is 2.46 bits per heavy atom.